The third kappa shape index (κ3) is 4.92. The van der Waals surface area contributed by atoms with E-state index in [1.807, 2.05) is 24.4 Å². The summed E-state index contributed by atoms with van der Waals surface area (Å²) in [5.74, 6) is -0.713. The molecule has 1 aliphatic rings. The molecule has 1 atom stereocenters. The van der Waals surface area contributed by atoms with Gasteiger partial charge >= 0.3 is 0 Å². The maximum absolute atomic E-state index is 13.4. The van der Waals surface area contributed by atoms with Crippen molar-refractivity contribution >= 4 is 27.3 Å². The minimum absolute atomic E-state index is 0.111. The lowest BCUT2D eigenvalue weighted by molar-refractivity contribution is -0.126. The molecule has 3 aromatic rings. The van der Waals surface area contributed by atoms with Crippen LogP contribution in [0.15, 0.2) is 70.9 Å². The van der Waals surface area contributed by atoms with E-state index in [0.29, 0.717) is 25.9 Å². The molecular formula is C24H25FN2O3S2. The van der Waals surface area contributed by atoms with Crippen molar-refractivity contribution in [1.82, 2.24) is 9.62 Å². The van der Waals surface area contributed by atoms with Gasteiger partial charge in [-0.25, -0.2) is 12.8 Å². The van der Waals surface area contributed by atoms with E-state index < -0.39 is 10.0 Å². The maximum Gasteiger partial charge on any atom is 0.243 e. The molecule has 1 unspecified atom stereocenters. The number of carbonyl (C=O) groups is 1. The number of nitrogens with zero attached hydrogens (tertiary/aromatic N) is 1. The minimum atomic E-state index is -3.57. The van der Waals surface area contributed by atoms with Gasteiger partial charge in [-0.1, -0.05) is 35.9 Å². The Bertz CT molecular complexity index is 1150. The third-order valence-electron chi connectivity index (χ3n) is 5.80. The quantitative estimate of drug-likeness (QED) is 0.574. The molecule has 32 heavy (non-hydrogen) atoms. The van der Waals surface area contributed by atoms with Gasteiger partial charge in [-0.3, -0.25) is 4.79 Å². The van der Waals surface area contributed by atoms with E-state index in [4.69, 9.17) is 0 Å². The molecule has 1 fully saturated rings. The third-order valence-corrected chi connectivity index (χ3v) is 8.65. The first-order valence-corrected chi connectivity index (χ1v) is 12.8. The molecule has 5 nitrogen and oxygen atoms in total. The topological polar surface area (TPSA) is 66.5 Å². The highest BCUT2D eigenvalue weighted by Gasteiger charge is 2.33. The van der Waals surface area contributed by atoms with Crippen molar-refractivity contribution in [1.29, 1.82) is 0 Å². The number of amides is 1. The van der Waals surface area contributed by atoms with Crippen LogP contribution in [-0.2, 0) is 14.8 Å². The molecular weight excluding hydrogens is 447 g/mol. The molecule has 168 valence electrons. The fourth-order valence-electron chi connectivity index (χ4n) is 3.91. The van der Waals surface area contributed by atoms with Crippen LogP contribution in [0.5, 0.6) is 0 Å². The number of rotatable bonds is 6. The smallest absolute Gasteiger partial charge is 0.243 e. The van der Waals surface area contributed by atoms with Crippen LogP contribution in [0.4, 0.5) is 4.39 Å². The fraction of sp³-hybridized carbons (Fsp3) is 0.292. The van der Waals surface area contributed by atoms with Gasteiger partial charge in [0, 0.05) is 23.9 Å². The number of carbonyl (C=O) groups excluding carboxylic acids is 1. The molecule has 2 aromatic carbocycles. The van der Waals surface area contributed by atoms with Crippen molar-refractivity contribution in [3.63, 3.8) is 0 Å². The summed E-state index contributed by atoms with van der Waals surface area (Å²) < 4.78 is 40.7. The Morgan fingerprint density at radius 3 is 2.31 bits per heavy atom. The SMILES string of the molecule is Cc1ccc(S(=O)(=O)N2CCC(C(=O)NC(c3ccc(F)cc3)c3cccs3)CC2)cc1. The Morgan fingerprint density at radius 2 is 1.72 bits per heavy atom. The van der Waals surface area contributed by atoms with Crippen molar-refractivity contribution in [2.45, 2.75) is 30.7 Å². The fourth-order valence-corrected chi connectivity index (χ4v) is 6.18. The summed E-state index contributed by atoms with van der Waals surface area (Å²) in [6.07, 6.45) is 0.912. The zero-order valence-corrected chi connectivity index (χ0v) is 19.3. The van der Waals surface area contributed by atoms with Gasteiger partial charge in [0.25, 0.3) is 0 Å². The minimum Gasteiger partial charge on any atom is -0.344 e. The molecule has 0 radical (unpaired) electrons. The molecule has 0 saturated carbocycles. The molecule has 1 saturated heterocycles. The second-order valence-corrected chi connectivity index (χ2v) is 10.9. The molecule has 8 heteroatoms. The van der Waals surface area contributed by atoms with Crippen molar-refractivity contribution in [3.05, 3.63) is 87.9 Å². The molecule has 0 spiro atoms. The predicted molar refractivity (Wildman–Crippen MR) is 123 cm³/mol. The van der Waals surface area contributed by atoms with E-state index in [1.54, 1.807) is 36.4 Å². The number of hydrogen-bond acceptors (Lipinski definition) is 4. The van der Waals surface area contributed by atoms with Gasteiger partial charge < -0.3 is 5.32 Å². The number of aryl methyl sites for hydroxylation is 1. The van der Waals surface area contributed by atoms with Crippen LogP contribution in [0, 0.1) is 18.7 Å². The molecule has 0 bridgehead atoms. The number of hydrogen-bond donors (Lipinski definition) is 1. The lowest BCUT2D eigenvalue weighted by Crippen LogP contribution is -2.43. The average molecular weight is 473 g/mol. The molecule has 2 heterocycles. The van der Waals surface area contributed by atoms with E-state index in [-0.39, 0.29) is 28.6 Å². The number of thiophene rings is 1. The summed E-state index contributed by atoms with van der Waals surface area (Å²) in [6, 6.07) is 16.4. The normalized spacial score (nSPS) is 16.6. The molecule has 1 N–H and O–H groups in total. The van der Waals surface area contributed by atoms with Gasteiger partial charge in [-0.15, -0.1) is 11.3 Å². The Kier molecular flexibility index (Phi) is 6.74. The van der Waals surface area contributed by atoms with Gasteiger partial charge in [0.2, 0.25) is 15.9 Å². The van der Waals surface area contributed by atoms with Gasteiger partial charge in [0.15, 0.2) is 0 Å². The Hall–Kier alpha value is -2.55. The van der Waals surface area contributed by atoms with Crippen molar-refractivity contribution in [3.8, 4) is 0 Å². The highest BCUT2D eigenvalue weighted by Crippen LogP contribution is 2.29. The van der Waals surface area contributed by atoms with Crippen molar-refractivity contribution in [2.75, 3.05) is 13.1 Å². The Balaban J connectivity index is 1.43. The van der Waals surface area contributed by atoms with Crippen LogP contribution < -0.4 is 5.32 Å². The predicted octanol–water partition coefficient (Wildman–Crippen LogP) is 4.50. The summed E-state index contributed by atoms with van der Waals surface area (Å²) in [7, 11) is -3.57. The van der Waals surface area contributed by atoms with Gasteiger partial charge in [0.05, 0.1) is 10.9 Å². The summed E-state index contributed by atoms with van der Waals surface area (Å²) >= 11 is 1.53. The Labute approximate surface area is 191 Å². The molecule has 1 amide bonds. The van der Waals surface area contributed by atoms with E-state index in [9.17, 15) is 17.6 Å². The lowest BCUT2D eigenvalue weighted by Gasteiger charge is -2.31. The number of halogens is 1. The van der Waals surface area contributed by atoms with Crippen LogP contribution >= 0.6 is 11.3 Å². The average Bonchev–Trinajstić information content (AvgIpc) is 3.33. The number of benzene rings is 2. The van der Waals surface area contributed by atoms with Crippen LogP contribution in [0.2, 0.25) is 0 Å². The second-order valence-electron chi connectivity index (χ2n) is 8.00. The summed E-state index contributed by atoms with van der Waals surface area (Å²) in [5.41, 5.74) is 1.81. The van der Waals surface area contributed by atoms with Gasteiger partial charge in [0.1, 0.15) is 5.82 Å². The zero-order valence-electron chi connectivity index (χ0n) is 17.7. The molecule has 1 aromatic heterocycles. The monoisotopic (exact) mass is 472 g/mol. The van der Waals surface area contributed by atoms with Crippen LogP contribution in [0.1, 0.15) is 34.9 Å². The maximum atomic E-state index is 13.4. The number of piperidine rings is 1. The van der Waals surface area contributed by atoms with Crippen LogP contribution in [-0.4, -0.2) is 31.7 Å². The Morgan fingerprint density at radius 1 is 1.06 bits per heavy atom. The van der Waals surface area contributed by atoms with Gasteiger partial charge in [-0.05, 0) is 61.0 Å². The van der Waals surface area contributed by atoms with Crippen molar-refractivity contribution in [2.24, 2.45) is 5.92 Å². The van der Waals surface area contributed by atoms with Crippen LogP contribution in [0.3, 0.4) is 0 Å². The van der Waals surface area contributed by atoms with Gasteiger partial charge in [-0.2, -0.15) is 4.31 Å². The molecule has 4 rings (SSSR count). The van der Waals surface area contributed by atoms with Crippen LogP contribution in [0.25, 0.3) is 0 Å². The first kappa shape index (κ1) is 22.6. The summed E-state index contributed by atoms with van der Waals surface area (Å²) in [6.45, 7) is 2.51. The van der Waals surface area contributed by atoms with Crippen molar-refractivity contribution < 1.29 is 17.6 Å². The molecule has 0 aliphatic carbocycles. The molecule has 1 aliphatic heterocycles. The van der Waals surface area contributed by atoms with E-state index in [2.05, 4.69) is 5.32 Å². The lowest BCUT2D eigenvalue weighted by atomic mass is 9.96. The number of nitrogens with one attached hydrogen (secondary N) is 1. The summed E-state index contributed by atoms with van der Waals surface area (Å²) in [4.78, 5) is 14.3. The largest absolute Gasteiger partial charge is 0.344 e. The zero-order chi connectivity index (χ0) is 22.7. The van der Waals surface area contributed by atoms with E-state index in [1.165, 1.54) is 27.8 Å². The second kappa shape index (κ2) is 9.52. The van der Waals surface area contributed by atoms with E-state index in [0.717, 1.165) is 16.0 Å². The highest BCUT2D eigenvalue weighted by atomic mass is 32.2. The first-order valence-electron chi connectivity index (χ1n) is 10.5. The number of sulfonamides is 1. The summed E-state index contributed by atoms with van der Waals surface area (Å²) in [5, 5.41) is 5.03. The standard InChI is InChI=1S/C24H25FN2O3S2/c1-17-4-10-21(11-5-17)32(29,30)27-14-12-19(13-15-27)24(28)26-23(22-3-2-16-31-22)18-6-8-20(25)9-7-18/h2-11,16,19,23H,12-15H2,1H3,(H,26,28). The highest BCUT2D eigenvalue weighted by molar-refractivity contribution is 7.89. The van der Waals surface area contributed by atoms with E-state index >= 15 is 0 Å². The first-order chi connectivity index (χ1) is 15.3.